The Morgan fingerprint density at radius 1 is 1.10 bits per heavy atom. The van der Waals surface area contributed by atoms with Crippen molar-refractivity contribution in [2.24, 2.45) is 0 Å². The molecule has 31 heavy (non-hydrogen) atoms. The first-order chi connectivity index (χ1) is 14.5. The Morgan fingerprint density at radius 3 is 2.39 bits per heavy atom. The molecule has 8 heteroatoms. The van der Waals surface area contributed by atoms with Crippen molar-refractivity contribution in [2.75, 3.05) is 0 Å². The summed E-state index contributed by atoms with van der Waals surface area (Å²) in [5.41, 5.74) is 0.586. The molecular formula is C23H21F3O4S. The number of halogens is 3. The Balaban J connectivity index is 1.70. The lowest BCUT2D eigenvalue weighted by Gasteiger charge is -2.18. The van der Waals surface area contributed by atoms with E-state index in [2.05, 4.69) is 0 Å². The van der Waals surface area contributed by atoms with Crippen molar-refractivity contribution in [2.45, 2.75) is 43.2 Å². The van der Waals surface area contributed by atoms with Gasteiger partial charge in [-0.15, -0.1) is 11.8 Å². The lowest BCUT2D eigenvalue weighted by Crippen LogP contribution is -2.26. The van der Waals surface area contributed by atoms with E-state index in [9.17, 15) is 23.1 Å². The van der Waals surface area contributed by atoms with Crippen LogP contribution in [0.1, 0.15) is 30.7 Å². The summed E-state index contributed by atoms with van der Waals surface area (Å²) in [6.07, 6.45) is -4.39. The molecule has 164 valence electrons. The molecule has 1 heterocycles. The molecule has 0 radical (unpaired) electrons. The Kier molecular flexibility index (Phi) is 6.40. The third-order valence-corrected chi connectivity index (χ3v) is 5.78. The minimum atomic E-state index is -4.39. The van der Waals surface area contributed by atoms with Crippen molar-refractivity contribution < 1.29 is 32.2 Å². The normalized spacial score (nSPS) is 12.1. The molecular weight excluding hydrogens is 429 g/mol. The van der Waals surface area contributed by atoms with Crippen LogP contribution in [-0.2, 0) is 17.6 Å². The molecule has 0 aliphatic rings. The molecule has 0 amide bonds. The van der Waals surface area contributed by atoms with E-state index in [1.54, 1.807) is 45.0 Å². The van der Waals surface area contributed by atoms with Gasteiger partial charge in [0.2, 0.25) is 0 Å². The van der Waals surface area contributed by atoms with E-state index >= 15 is 0 Å². The van der Waals surface area contributed by atoms with Crippen LogP contribution >= 0.6 is 11.8 Å². The number of furan rings is 1. The van der Waals surface area contributed by atoms with Crippen molar-refractivity contribution in [3.8, 4) is 17.1 Å². The number of ether oxygens (including phenoxy) is 1. The first-order valence-electron chi connectivity index (χ1n) is 9.38. The third kappa shape index (κ3) is 5.64. The molecule has 0 atom stereocenters. The van der Waals surface area contributed by atoms with E-state index in [0.717, 1.165) is 22.6 Å². The molecule has 0 unspecified atom stereocenters. The maximum atomic E-state index is 12.7. The van der Waals surface area contributed by atoms with Crippen LogP contribution in [-0.4, -0.2) is 15.8 Å². The van der Waals surface area contributed by atoms with Gasteiger partial charge in [-0.05, 0) is 57.2 Å². The van der Waals surface area contributed by atoms with E-state index in [-0.39, 0.29) is 6.61 Å². The Hall–Kier alpha value is -2.87. The maximum Gasteiger partial charge on any atom is 0.416 e. The highest BCUT2D eigenvalue weighted by atomic mass is 32.2. The molecule has 0 bridgehead atoms. The standard InChI is InChI=1S/C23H21F3O4S/c1-14-16(11-20(30-14)15-7-9-17(10-8-15)23(24,25)26)13-29-18-5-4-6-19(12-18)31-22(2,3)21(27)28/h4-12H,13H2,1-3H3,(H,27,28). The second-order valence-electron chi connectivity index (χ2n) is 7.45. The summed E-state index contributed by atoms with van der Waals surface area (Å²) in [5.74, 6) is 0.723. The second kappa shape index (κ2) is 8.70. The topological polar surface area (TPSA) is 59.7 Å². The minimum absolute atomic E-state index is 0.201. The summed E-state index contributed by atoms with van der Waals surface area (Å²) in [4.78, 5) is 12.1. The lowest BCUT2D eigenvalue weighted by molar-refractivity contribution is -0.139. The van der Waals surface area contributed by atoms with Gasteiger partial charge in [-0.25, -0.2) is 0 Å². The molecule has 3 aromatic rings. The number of carbonyl (C=O) groups is 1. The van der Waals surface area contributed by atoms with Crippen molar-refractivity contribution >= 4 is 17.7 Å². The van der Waals surface area contributed by atoms with E-state index in [0.29, 0.717) is 22.8 Å². The van der Waals surface area contributed by atoms with Gasteiger partial charge >= 0.3 is 12.1 Å². The summed E-state index contributed by atoms with van der Waals surface area (Å²) >= 11 is 1.22. The molecule has 0 spiro atoms. The zero-order valence-corrected chi connectivity index (χ0v) is 17.9. The number of carboxylic acid groups (broad SMARTS) is 1. The number of aryl methyl sites for hydroxylation is 1. The summed E-state index contributed by atoms with van der Waals surface area (Å²) in [5, 5.41) is 9.29. The molecule has 1 N–H and O–H groups in total. The van der Waals surface area contributed by atoms with Gasteiger partial charge in [-0.3, -0.25) is 4.79 Å². The van der Waals surface area contributed by atoms with Gasteiger partial charge in [-0.1, -0.05) is 18.2 Å². The van der Waals surface area contributed by atoms with Crippen LogP contribution in [0.2, 0.25) is 0 Å². The number of hydrogen-bond acceptors (Lipinski definition) is 4. The number of hydrogen-bond donors (Lipinski definition) is 1. The van der Waals surface area contributed by atoms with Crippen LogP contribution in [0, 0.1) is 6.92 Å². The molecule has 0 saturated heterocycles. The highest BCUT2D eigenvalue weighted by Crippen LogP contribution is 2.35. The number of aliphatic carboxylic acids is 1. The van der Waals surface area contributed by atoms with Crippen LogP contribution < -0.4 is 4.74 Å². The fourth-order valence-corrected chi connectivity index (χ4v) is 3.75. The molecule has 0 aliphatic heterocycles. The van der Waals surface area contributed by atoms with E-state index in [4.69, 9.17) is 9.15 Å². The number of benzene rings is 2. The Morgan fingerprint density at radius 2 is 1.77 bits per heavy atom. The third-order valence-electron chi connectivity index (χ3n) is 4.61. The molecule has 0 saturated carbocycles. The van der Waals surface area contributed by atoms with Gasteiger partial charge in [0.15, 0.2) is 0 Å². The molecule has 0 fully saturated rings. The molecule has 0 aliphatic carbocycles. The van der Waals surface area contributed by atoms with Gasteiger partial charge in [0, 0.05) is 16.0 Å². The summed E-state index contributed by atoms with van der Waals surface area (Å²) < 4.78 is 48.8. The Labute approximate surface area is 182 Å². The van der Waals surface area contributed by atoms with Crippen LogP contribution in [0.3, 0.4) is 0 Å². The number of alkyl halides is 3. The monoisotopic (exact) mass is 450 g/mol. The average Bonchev–Trinajstić information content (AvgIpc) is 3.06. The lowest BCUT2D eigenvalue weighted by atomic mass is 10.1. The zero-order valence-electron chi connectivity index (χ0n) is 17.1. The van der Waals surface area contributed by atoms with Crippen molar-refractivity contribution in [3.63, 3.8) is 0 Å². The van der Waals surface area contributed by atoms with E-state index in [1.807, 2.05) is 6.07 Å². The van der Waals surface area contributed by atoms with Gasteiger partial charge in [0.05, 0.1) is 5.56 Å². The van der Waals surface area contributed by atoms with Crippen LogP contribution in [0.25, 0.3) is 11.3 Å². The summed E-state index contributed by atoms with van der Waals surface area (Å²) in [6, 6.07) is 13.7. The average molecular weight is 450 g/mol. The van der Waals surface area contributed by atoms with E-state index < -0.39 is 22.5 Å². The first-order valence-corrected chi connectivity index (χ1v) is 10.2. The summed E-state index contributed by atoms with van der Waals surface area (Å²) in [7, 11) is 0. The fraction of sp³-hybridized carbons (Fsp3) is 0.261. The highest BCUT2D eigenvalue weighted by molar-refractivity contribution is 8.01. The smallest absolute Gasteiger partial charge is 0.416 e. The van der Waals surface area contributed by atoms with Crippen molar-refractivity contribution in [1.29, 1.82) is 0 Å². The van der Waals surface area contributed by atoms with Gasteiger partial charge in [0.25, 0.3) is 0 Å². The minimum Gasteiger partial charge on any atom is -0.489 e. The largest absolute Gasteiger partial charge is 0.489 e. The molecule has 1 aromatic heterocycles. The van der Waals surface area contributed by atoms with E-state index in [1.165, 1.54) is 23.9 Å². The number of thioether (sulfide) groups is 1. The molecule has 3 rings (SSSR count). The maximum absolute atomic E-state index is 12.7. The summed E-state index contributed by atoms with van der Waals surface area (Å²) in [6.45, 7) is 5.22. The number of carboxylic acids is 1. The van der Waals surface area contributed by atoms with Crippen molar-refractivity contribution in [1.82, 2.24) is 0 Å². The second-order valence-corrected chi connectivity index (χ2v) is 9.14. The van der Waals surface area contributed by atoms with Crippen LogP contribution in [0.15, 0.2) is 63.9 Å². The zero-order chi connectivity index (χ0) is 22.8. The quantitative estimate of drug-likeness (QED) is 0.401. The van der Waals surface area contributed by atoms with Crippen LogP contribution in [0.5, 0.6) is 5.75 Å². The van der Waals surface area contributed by atoms with Crippen molar-refractivity contribution in [3.05, 3.63) is 71.5 Å². The SMILES string of the molecule is Cc1oc(-c2ccc(C(F)(F)F)cc2)cc1COc1cccc(SC(C)(C)C(=O)O)c1. The molecule has 4 nitrogen and oxygen atoms in total. The number of rotatable bonds is 7. The van der Waals surface area contributed by atoms with Gasteiger partial charge in [0.1, 0.15) is 28.6 Å². The molecule has 2 aromatic carbocycles. The predicted molar refractivity (Wildman–Crippen MR) is 112 cm³/mol. The van der Waals surface area contributed by atoms with Crippen LogP contribution in [0.4, 0.5) is 13.2 Å². The van der Waals surface area contributed by atoms with Gasteiger partial charge < -0.3 is 14.3 Å². The predicted octanol–water partition coefficient (Wildman–Crippen LogP) is 6.81. The van der Waals surface area contributed by atoms with Gasteiger partial charge in [-0.2, -0.15) is 13.2 Å². The Bertz CT molecular complexity index is 1070. The fourth-order valence-electron chi connectivity index (χ4n) is 2.76. The first kappa shape index (κ1) is 22.8. The highest BCUT2D eigenvalue weighted by Gasteiger charge is 2.30.